The molecule has 1 aliphatic rings. The van der Waals surface area contributed by atoms with Crippen molar-refractivity contribution >= 4 is 21.9 Å². The van der Waals surface area contributed by atoms with Gasteiger partial charge in [-0.25, -0.2) is 8.42 Å². The fraction of sp³-hybridized carbons (Fsp3) is 0.500. The van der Waals surface area contributed by atoms with Crippen LogP contribution in [0.4, 0.5) is 0 Å². The fourth-order valence-electron chi connectivity index (χ4n) is 2.65. The van der Waals surface area contributed by atoms with E-state index in [1.54, 1.807) is 12.1 Å². The summed E-state index contributed by atoms with van der Waals surface area (Å²) in [5.74, 6) is -1.27. The standard InChI is InChI=1S/C16H22N2O6S/c1-11(16(20)21)17-15(19)12-7-9-18(10-8-12)25(22,23)14-5-3-13(24-2)4-6-14/h3-6,11-12H,7-10H2,1-2H3,(H,17,19)(H,20,21)/t11-/m0/s1. The van der Waals surface area contributed by atoms with Crippen molar-refractivity contribution in [1.29, 1.82) is 0 Å². The molecule has 0 saturated carbocycles. The van der Waals surface area contributed by atoms with Crippen LogP contribution in [-0.4, -0.2) is 55.9 Å². The predicted octanol–water partition coefficient (Wildman–Crippen LogP) is 0.685. The SMILES string of the molecule is COc1ccc(S(=O)(=O)N2CCC(C(=O)N[C@@H](C)C(=O)O)CC2)cc1. The Morgan fingerprint density at radius 1 is 1.24 bits per heavy atom. The number of hydrogen-bond donors (Lipinski definition) is 2. The molecule has 0 aliphatic carbocycles. The van der Waals surface area contributed by atoms with Gasteiger partial charge in [0.1, 0.15) is 11.8 Å². The number of sulfonamides is 1. The second kappa shape index (κ2) is 7.83. The second-order valence-corrected chi connectivity index (χ2v) is 7.86. The summed E-state index contributed by atoms with van der Waals surface area (Å²) >= 11 is 0. The Kier molecular flexibility index (Phi) is 6.02. The molecule has 1 amide bonds. The molecule has 1 atom stereocenters. The molecule has 1 fully saturated rings. The van der Waals surface area contributed by atoms with Crippen molar-refractivity contribution in [2.75, 3.05) is 20.2 Å². The van der Waals surface area contributed by atoms with Gasteiger partial charge in [-0.2, -0.15) is 4.31 Å². The van der Waals surface area contributed by atoms with E-state index in [1.165, 1.54) is 30.5 Å². The number of benzene rings is 1. The number of carbonyl (C=O) groups is 2. The predicted molar refractivity (Wildman–Crippen MR) is 89.7 cm³/mol. The Morgan fingerprint density at radius 3 is 2.28 bits per heavy atom. The average molecular weight is 370 g/mol. The van der Waals surface area contributed by atoms with E-state index in [1.807, 2.05) is 0 Å². The fourth-order valence-corrected chi connectivity index (χ4v) is 4.12. The van der Waals surface area contributed by atoms with Crippen LogP contribution in [0.25, 0.3) is 0 Å². The van der Waals surface area contributed by atoms with Crippen LogP contribution in [0.3, 0.4) is 0 Å². The van der Waals surface area contributed by atoms with E-state index in [0.717, 1.165) is 0 Å². The van der Waals surface area contributed by atoms with Crippen molar-refractivity contribution in [2.45, 2.75) is 30.7 Å². The van der Waals surface area contributed by atoms with Crippen LogP contribution in [0, 0.1) is 5.92 Å². The van der Waals surface area contributed by atoms with Crippen molar-refractivity contribution < 1.29 is 27.9 Å². The molecule has 1 saturated heterocycles. The number of carboxylic acids is 1. The van der Waals surface area contributed by atoms with Gasteiger partial charge in [0, 0.05) is 19.0 Å². The number of rotatable bonds is 6. The molecule has 0 radical (unpaired) electrons. The van der Waals surface area contributed by atoms with Gasteiger partial charge in [-0.1, -0.05) is 0 Å². The molecule has 8 nitrogen and oxygen atoms in total. The van der Waals surface area contributed by atoms with Crippen molar-refractivity contribution in [2.24, 2.45) is 5.92 Å². The van der Waals surface area contributed by atoms with Gasteiger partial charge >= 0.3 is 5.97 Å². The summed E-state index contributed by atoms with van der Waals surface area (Å²) in [5.41, 5.74) is 0. The van der Waals surface area contributed by atoms with Gasteiger partial charge in [-0.3, -0.25) is 9.59 Å². The number of carbonyl (C=O) groups excluding carboxylic acids is 1. The maximum atomic E-state index is 12.6. The molecular formula is C16H22N2O6S. The molecule has 9 heteroatoms. The number of hydrogen-bond acceptors (Lipinski definition) is 5. The van der Waals surface area contributed by atoms with Gasteiger partial charge in [0.15, 0.2) is 0 Å². The topological polar surface area (TPSA) is 113 Å². The summed E-state index contributed by atoms with van der Waals surface area (Å²) in [6, 6.07) is 5.18. The minimum atomic E-state index is -3.62. The van der Waals surface area contributed by atoms with Crippen molar-refractivity contribution in [1.82, 2.24) is 9.62 Å². The molecule has 0 spiro atoms. The number of carboxylic acid groups (broad SMARTS) is 1. The Morgan fingerprint density at radius 2 is 1.80 bits per heavy atom. The smallest absolute Gasteiger partial charge is 0.325 e. The quantitative estimate of drug-likeness (QED) is 0.762. The highest BCUT2D eigenvalue weighted by Crippen LogP contribution is 2.25. The lowest BCUT2D eigenvalue weighted by molar-refractivity contribution is -0.142. The summed E-state index contributed by atoms with van der Waals surface area (Å²) in [4.78, 5) is 23.0. The third-order valence-electron chi connectivity index (χ3n) is 4.25. The molecule has 1 heterocycles. The monoisotopic (exact) mass is 370 g/mol. The Balaban J connectivity index is 1.98. The molecular weight excluding hydrogens is 348 g/mol. The Hall–Kier alpha value is -2.13. The highest BCUT2D eigenvalue weighted by Gasteiger charge is 2.32. The lowest BCUT2D eigenvalue weighted by Crippen LogP contribution is -2.46. The molecule has 0 bridgehead atoms. The van der Waals surface area contributed by atoms with Crippen LogP contribution in [0.1, 0.15) is 19.8 Å². The van der Waals surface area contributed by atoms with Crippen molar-refractivity contribution in [3.8, 4) is 5.75 Å². The number of piperidine rings is 1. The van der Waals surface area contributed by atoms with Crippen LogP contribution in [-0.2, 0) is 19.6 Å². The molecule has 1 aromatic rings. The zero-order valence-corrected chi connectivity index (χ0v) is 15.0. The summed E-state index contributed by atoms with van der Waals surface area (Å²) in [6.07, 6.45) is 0.709. The first kappa shape index (κ1) is 19.2. The molecule has 138 valence electrons. The van der Waals surface area contributed by atoms with Gasteiger partial charge in [-0.05, 0) is 44.0 Å². The van der Waals surface area contributed by atoms with E-state index in [0.29, 0.717) is 18.6 Å². The van der Waals surface area contributed by atoms with Gasteiger partial charge < -0.3 is 15.2 Å². The van der Waals surface area contributed by atoms with Gasteiger partial charge in [-0.15, -0.1) is 0 Å². The van der Waals surface area contributed by atoms with E-state index in [-0.39, 0.29) is 29.8 Å². The maximum absolute atomic E-state index is 12.6. The Labute approximate surface area is 146 Å². The van der Waals surface area contributed by atoms with E-state index in [4.69, 9.17) is 9.84 Å². The van der Waals surface area contributed by atoms with Gasteiger partial charge in [0.2, 0.25) is 15.9 Å². The number of methoxy groups -OCH3 is 1. The molecule has 0 unspecified atom stereocenters. The van der Waals surface area contributed by atoms with E-state index < -0.39 is 22.0 Å². The third kappa shape index (κ3) is 4.49. The number of ether oxygens (including phenoxy) is 1. The van der Waals surface area contributed by atoms with Crippen molar-refractivity contribution in [3.63, 3.8) is 0 Å². The lowest BCUT2D eigenvalue weighted by atomic mass is 9.97. The van der Waals surface area contributed by atoms with Crippen LogP contribution >= 0.6 is 0 Å². The normalized spacial score (nSPS) is 17.7. The molecule has 2 N–H and O–H groups in total. The highest BCUT2D eigenvalue weighted by molar-refractivity contribution is 7.89. The zero-order chi connectivity index (χ0) is 18.6. The largest absolute Gasteiger partial charge is 0.497 e. The van der Waals surface area contributed by atoms with Gasteiger partial charge in [0.05, 0.1) is 12.0 Å². The minimum absolute atomic E-state index is 0.177. The summed E-state index contributed by atoms with van der Waals surface area (Å²) in [6.45, 7) is 1.82. The van der Waals surface area contributed by atoms with Crippen LogP contribution in [0.15, 0.2) is 29.2 Å². The van der Waals surface area contributed by atoms with Crippen molar-refractivity contribution in [3.05, 3.63) is 24.3 Å². The summed E-state index contributed by atoms with van der Waals surface area (Å²) in [7, 11) is -2.12. The first-order chi connectivity index (χ1) is 11.8. The minimum Gasteiger partial charge on any atom is -0.497 e. The molecule has 1 aliphatic heterocycles. The number of nitrogens with zero attached hydrogens (tertiary/aromatic N) is 1. The number of amides is 1. The number of nitrogens with one attached hydrogen (secondary N) is 1. The molecule has 0 aromatic heterocycles. The summed E-state index contributed by atoms with van der Waals surface area (Å²) < 4.78 is 31.6. The van der Waals surface area contributed by atoms with Crippen LogP contribution in [0.5, 0.6) is 5.75 Å². The first-order valence-corrected chi connectivity index (χ1v) is 9.37. The molecule has 2 rings (SSSR count). The van der Waals surface area contributed by atoms with Crippen LogP contribution < -0.4 is 10.1 Å². The van der Waals surface area contributed by atoms with Crippen LogP contribution in [0.2, 0.25) is 0 Å². The number of aliphatic carboxylic acids is 1. The third-order valence-corrected chi connectivity index (χ3v) is 6.16. The second-order valence-electron chi connectivity index (χ2n) is 5.92. The van der Waals surface area contributed by atoms with E-state index >= 15 is 0 Å². The summed E-state index contributed by atoms with van der Waals surface area (Å²) in [5, 5.41) is 11.3. The zero-order valence-electron chi connectivity index (χ0n) is 14.1. The first-order valence-electron chi connectivity index (χ1n) is 7.93. The average Bonchev–Trinajstić information content (AvgIpc) is 2.61. The highest BCUT2D eigenvalue weighted by atomic mass is 32.2. The maximum Gasteiger partial charge on any atom is 0.325 e. The van der Waals surface area contributed by atoms with Gasteiger partial charge in [0.25, 0.3) is 0 Å². The lowest BCUT2D eigenvalue weighted by Gasteiger charge is -2.30. The van der Waals surface area contributed by atoms with E-state index in [9.17, 15) is 18.0 Å². The Bertz CT molecular complexity index is 723. The van der Waals surface area contributed by atoms with E-state index in [2.05, 4.69) is 5.32 Å². The molecule has 25 heavy (non-hydrogen) atoms. The molecule has 1 aromatic carbocycles.